The van der Waals surface area contributed by atoms with Crippen LogP contribution in [0.15, 0.2) is 24.7 Å². The Morgan fingerprint density at radius 2 is 2.14 bits per heavy atom. The van der Waals surface area contributed by atoms with Crippen LogP contribution in [0.25, 0.3) is 5.65 Å². The van der Waals surface area contributed by atoms with Crippen molar-refractivity contribution in [2.75, 3.05) is 5.32 Å². The fourth-order valence-corrected chi connectivity index (χ4v) is 1.07. The molecule has 0 aromatic carbocycles. The molecule has 2 heterocycles. The normalized spacial score (nSPS) is 11.9. The number of fused-ring (bicyclic) bond motifs is 1. The van der Waals surface area contributed by atoms with Crippen LogP contribution in [-0.2, 0) is 0 Å². The Kier molecular flexibility index (Phi) is 1.80. The predicted molar refractivity (Wildman–Crippen MR) is 42.7 cm³/mol. The molecule has 0 radical (unpaired) electrons. The number of aromatic nitrogens is 3. The Balaban J connectivity index is 2.44. The summed E-state index contributed by atoms with van der Waals surface area (Å²) in [6.45, 7) is 0. The molecule has 0 saturated heterocycles. The van der Waals surface area contributed by atoms with Crippen LogP contribution in [0.4, 0.5) is 18.9 Å². The molecule has 2 rings (SSSR count). The third-order valence-electron chi connectivity index (χ3n) is 1.56. The molecule has 0 aliphatic rings. The van der Waals surface area contributed by atoms with Gasteiger partial charge in [-0.3, -0.25) is 5.32 Å². The highest BCUT2D eigenvalue weighted by molar-refractivity contribution is 5.66. The number of hydrogen-bond acceptors (Lipinski definition) is 3. The van der Waals surface area contributed by atoms with Crippen molar-refractivity contribution in [2.45, 2.75) is 6.30 Å². The minimum atomic E-state index is -4.47. The van der Waals surface area contributed by atoms with Crippen LogP contribution in [0.3, 0.4) is 0 Å². The van der Waals surface area contributed by atoms with E-state index in [1.165, 1.54) is 22.2 Å². The minimum absolute atomic E-state index is 0.143. The molecule has 0 bridgehead atoms. The molecule has 0 amide bonds. The fraction of sp³-hybridized carbons (Fsp3) is 0.143. The van der Waals surface area contributed by atoms with Crippen molar-refractivity contribution >= 4 is 11.3 Å². The lowest BCUT2D eigenvalue weighted by Crippen LogP contribution is -2.20. The van der Waals surface area contributed by atoms with Crippen molar-refractivity contribution in [3.05, 3.63) is 24.7 Å². The largest absolute Gasteiger partial charge is 0.482 e. The van der Waals surface area contributed by atoms with Gasteiger partial charge in [0.1, 0.15) is 5.69 Å². The summed E-state index contributed by atoms with van der Waals surface area (Å²) < 4.78 is 37.2. The Hall–Kier alpha value is -1.79. The van der Waals surface area contributed by atoms with Gasteiger partial charge in [-0.2, -0.15) is 18.3 Å². The van der Waals surface area contributed by atoms with Gasteiger partial charge in [-0.15, -0.1) is 0 Å². The van der Waals surface area contributed by atoms with E-state index in [2.05, 4.69) is 10.1 Å². The summed E-state index contributed by atoms with van der Waals surface area (Å²) in [5.41, 5.74) is -0.0112. The van der Waals surface area contributed by atoms with E-state index in [0.717, 1.165) is 6.20 Å². The van der Waals surface area contributed by atoms with Crippen molar-refractivity contribution in [1.82, 2.24) is 14.6 Å². The van der Waals surface area contributed by atoms with E-state index in [1.54, 1.807) is 6.07 Å². The van der Waals surface area contributed by atoms with Crippen molar-refractivity contribution < 1.29 is 13.2 Å². The topological polar surface area (TPSA) is 42.2 Å². The van der Waals surface area contributed by atoms with E-state index in [9.17, 15) is 13.2 Å². The molecule has 0 saturated carbocycles. The smallest absolute Gasteiger partial charge is 0.293 e. The molecule has 4 nitrogen and oxygen atoms in total. The summed E-state index contributed by atoms with van der Waals surface area (Å²) in [6, 6.07) is 1.58. The van der Waals surface area contributed by atoms with Gasteiger partial charge < -0.3 is 0 Å². The van der Waals surface area contributed by atoms with Gasteiger partial charge >= 0.3 is 6.30 Å². The molecule has 0 atom stereocenters. The van der Waals surface area contributed by atoms with Crippen molar-refractivity contribution in [3.63, 3.8) is 0 Å². The zero-order chi connectivity index (χ0) is 10.2. The summed E-state index contributed by atoms with van der Waals surface area (Å²) >= 11 is 0. The molecular weight excluding hydrogens is 197 g/mol. The van der Waals surface area contributed by atoms with E-state index in [0.29, 0.717) is 0 Å². The second-order valence-electron chi connectivity index (χ2n) is 2.57. The molecule has 7 heteroatoms. The predicted octanol–water partition coefficient (Wildman–Crippen LogP) is 1.66. The SMILES string of the molecule is FC(F)(F)Nc1cnn2cccnc12. The third kappa shape index (κ3) is 1.61. The highest BCUT2D eigenvalue weighted by atomic mass is 19.4. The quantitative estimate of drug-likeness (QED) is 0.715. The first-order chi connectivity index (χ1) is 6.56. The molecule has 0 aliphatic heterocycles. The summed E-state index contributed by atoms with van der Waals surface area (Å²) in [4.78, 5) is 3.76. The van der Waals surface area contributed by atoms with Crippen LogP contribution in [0.2, 0.25) is 0 Å². The number of alkyl halides is 3. The highest BCUT2D eigenvalue weighted by Gasteiger charge is 2.28. The lowest BCUT2D eigenvalue weighted by Gasteiger charge is -2.06. The average Bonchev–Trinajstić information content (AvgIpc) is 2.47. The molecule has 74 valence electrons. The molecule has 14 heavy (non-hydrogen) atoms. The molecule has 0 spiro atoms. The van der Waals surface area contributed by atoms with Gasteiger partial charge in [0.25, 0.3) is 0 Å². The molecule has 2 aromatic rings. The summed E-state index contributed by atoms with van der Waals surface area (Å²) in [7, 11) is 0. The first kappa shape index (κ1) is 8.79. The summed E-state index contributed by atoms with van der Waals surface area (Å²) in [5.74, 6) is 0. The maximum Gasteiger partial charge on any atom is 0.482 e. The van der Waals surface area contributed by atoms with Gasteiger partial charge in [0.15, 0.2) is 5.65 Å². The van der Waals surface area contributed by atoms with Gasteiger partial charge in [-0.25, -0.2) is 9.50 Å². The second-order valence-corrected chi connectivity index (χ2v) is 2.57. The van der Waals surface area contributed by atoms with E-state index in [4.69, 9.17) is 0 Å². The number of rotatable bonds is 1. The van der Waals surface area contributed by atoms with Crippen LogP contribution in [0.1, 0.15) is 0 Å². The highest BCUT2D eigenvalue weighted by Crippen LogP contribution is 2.22. The van der Waals surface area contributed by atoms with Crippen LogP contribution < -0.4 is 5.32 Å². The van der Waals surface area contributed by atoms with Gasteiger partial charge in [0, 0.05) is 12.4 Å². The molecule has 1 N–H and O–H groups in total. The molecular formula is C7H5F3N4. The number of hydrogen-bond donors (Lipinski definition) is 1. The lowest BCUT2D eigenvalue weighted by atomic mass is 10.5. The first-order valence-electron chi connectivity index (χ1n) is 3.69. The second kappa shape index (κ2) is 2.86. The number of halogens is 3. The monoisotopic (exact) mass is 202 g/mol. The van der Waals surface area contributed by atoms with E-state index in [-0.39, 0.29) is 11.3 Å². The van der Waals surface area contributed by atoms with E-state index >= 15 is 0 Å². The van der Waals surface area contributed by atoms with Crippen LogP contribution in [0.5, 0.6) is 0 Å². The zero-order valence-corrected chi connectivity index (χ0v) is 6.78. The molecule has 0 aliphatic carbocycles. The Labute approximate surface area is 76.4 Å². The molecule has 0 fully saturated rings. The van der Waals surface area contributed by atoms with E-state index < -0.39 is 6.30 Å². The third-order valence-corrected chi connectivity index (χ3v) is 1.56. The molecule has 0 unspecified atom stereocenters. The van der Waals surface area contributed by atoms with Gasteiger partial charge in [-0.05, 0) is 6.07 Å². The fourth-order valence-electron chi connectivity index (χ4n) is 1.07. The Morgan fingerprint density at radius 3 is 2.86 bits per heavy atom. The van der Waals surface area contributed by atoms with E-state index in [1.807, 2.05) is 0 Å². The van der Waals surface area contributed by atoms with Crippen LogP contribution in [0, 0.1) is 0 Å². The minimum Gasteiger partial charge on any atom is -0.293 e. The summed E-state index contributed by atoms with van der Waals surface area (Å²) in [6.07, 6.45) is -0.473. The van der Waals surface area contributed by atoms with Gasteiger partial charge in [0.05, 0.1) is 6.20 Å². The van der Waals surface area contributed by atoms with Crippen LogP contribution in [-0.4, -0.2) is 20.9 Å². The number of nitrogens with one attached hydrogen (secondary N) is 1. The van der Waals surface area contributed by atoms with Gasteiger partial charge in [-0.1, -0.05) is 0 Å². The summed E-state index contributed by atoms with van der Waals surface area (Å²) in [5, 5.41) is 5.05. The number of nitrogens with zero attached hydrogens (tertiary/aromatic N) is 3. The maximum absolute atomic E-state index is 12.0. The Morgan fingerprint density at radius 1 is 1.36 bits per heavy atom. The van der Waals surface area contributed by atoms with Crippen molar-refractivity contribution in [2.24, 2.45) is 0 Å². The van der Waals surface area contributed by atoms with Crippen molar-refractivity contribution in [1.29, 1.82) is 0 Å². The number of anilines is 1. The Bertz CT molecular complexity index is 447. The molecule has 2 aromatic heterocycles. The average molecular weight is 202 g/mol. The standard InChI is InChI=1S/C7H5F3N4/c8-7(9,10)13-5-4-12-14-3-1-2-11-6(5)14/h1-4,13H. The zero-order valence-electron chi connectivity index (χ0n) is 6.78. The van der Waals surface area contributed by atoms with Crippen LogP contribution >= 0.6 is 0 Å². The first-order valence-corrected chi connectivity index (χ1v) is 3.69. The maximum atomic E-state index is 12.0. The lowest BCUT2D eigenvalue weighted by molar-refractivity contribution is -0.0998. The van der Waals surface area contributed by atoms with Gasteiger partial charge in [0.2, 0.25) is 0 Å². The van der Waals surface area contributed by atoms with Crippen molar-refractivity contribution in [3.8, 4) is 0 Å².